The van der Waals surface area contributed by atoms with Crippen LogP contribution in [0.15, 0.2) is 23.3 Å². The number of ether oxygens (including phenoxy) is 1. The third-order valence-corrected chi connectivity index (χ3v) is 1.64. The largest absolute Gasteiger partial charge is 0.478 e. The van der Waals surface area contributed by atoms with E-state index in [4.69, 9.17) is 9.84 Å². The number of benzene rings is 1. The molecule has 1 aliphatic rings. The zero-order chi connectivity index (χ0) is 9.26. The molecule has 0 atom stereocenters. The Bertz CT molecular complexity index is 387. The molecule has 0 radical (unpaired) electrons. The molecular formula is C8H6N2O3. The van der Waals surface area contributed by atoms with Crippen LogP contribution in [0.5, 0.6) is 5.75 Å². The van der Waals surface area contributed by atoms with Crippen LogP contribution in [0.4, 0.5) is 5.69 Å². The zero-order valence-electron chi connectivity index (χ0n) is 6.52. The Kier molecular flexibility index (Phi) is 1.63. The van der Waals surface area contributed by atoms with Crippen molar-refractivity contribution >= 4 is 18.1 Å². The van der Waals surface area contributed by atoms with Gasteiger partial charge in [0.2, 0.25) is 0 Å². The van der Waals surface area contributed by atoms with E-state index >= 15 is 0 Å². The Labute approximate surface area is 73.6 Å². The molecule has 66 valence electrons. The maximum Gasteiger partial charge on any atom is 0.335 e. The molecule has 0 fully saturated rings. The molecular weight excluding hydrogens is 172 g/mol. The third kappa shape index (κ3) is 1.31. The first-order valence-electron chi connectivity index (χ1n) is 3.59. The number of carbonyl (C=O) groups is 1. The molecule has 0 spiro atoms. The normalized spacial score (nSPS) is 12.6. The summed E-state index contributed by atoms with van der Waals surface area (Å²) in [4.78, 5) is 10.6. The van der Waals surface area contributed by atoms with E-state index in [2.05, 4.69) is 10.5 Å². The molecule has 0 aliphatic carbocycles. The number of aromatic carboxylic acids is 1. The number of carboxylic acids is 1. The number of rotatable bonds is 1. The van der Waals surface area contributed by atoms with Crippen LogP contribution in [0.2, 0.25) is 0 Å². The topological polar surface area (TPSA) is 70.9 Å². The lowest BCUT2D eigenvalue weighted by Gasteiger charge is -2.11. The molecule has 2 rings (SSSR count). The zero-order valence-corrected chi connectivity index (χ0v) is 6.52. The van der Waals surface area contributed by atoms with Gasteiger partial charge in [-0.15, -0.1) is 5.10 Å². The predicted molar refractivity (Wildman–Crippen MR) is 46.1 cm³/mol. The van der Waals surface area contributed by atoms with Crippen LogP contribution in [0.3, 0.4) is 0 Å². The molecule has 1 heterocycles. The van der Waals surface area contributed by atoms with Crippen molar-refractivity contribution in [1.29, 1.82) is 0 Å². The molecule has 5 nitrogen and oxygen atoms in total. The minimum absolute atomic E-state index is 0.201. The Morgan fingerprint density at radius 1 is 1.54 bits per heavy atom. The predicted octanol–water partition coefficient (Wildman–Crippen LogP) is 1.13. The second kappa shape index (κ2) is 2.78. The van der Waals surface area contributed by atoms with Crippen LogP contribution in [0.1, 0.15) is 10.4 Å². The summed E-state index contributed by atoms with van der Waals surface area (Å²) in [5.41, 5.74) is 3.40. The van der Waals surface area contributed by atoms with E-state index in [1.54, 1.807) is 6.07 Å². The van der Waals surface area contributed by atoms with Crippen molar-refractivity contribution < 1.29 is 14.6 Å². The number of hydrogen-bond acceptors (Lipinski definition) is 4. The van der Waals surface area contributed by atoms with Gasteiger partial charge in [-0.25, -0.2) is 4.79 Å². The second-order valence-electron chi connectivity index (χ2n) is 2.48. The molecule has 0 saturated heterocycles. The van der Waals surface area contributed by atoms with Crippen molar-refractivity contribution in [1.82, 2.24) is 0 Å². The van der Waals surface area contributed by atoms with Crippen molar-refractivity contribution in [2.75, 3.05) is 5.43 Å². The molecule has 0 unspecified atom stereocenters. The van der Waals surface area contributed by atoms with Gasteiger partial charge in [0.15, 0.2) is 12.2 Å². The number of fused-ring (bicyclic) bond motifs is 1. The minimum Gasteiger partial charge on any atom is -0.478 e. The highest BCUT2D eigenvalue weighted by Crippen LogP contribution is 2.27. The highest BCUT2D eigenvalue weighted by Gasteiger charge is 2.10. The molecule has 13 heavy (non-hydrogen) atoms. The van der Waals surface area contributed by atoms with Crippen molar-refractivity contribution in [3.05, 3.63) is 23.8 Å². The van der Waals surface area contributed by atoms with Crippen LogP contribution in [0.25, 0.3) is 0 Å². The van der Waals surface area contributed by atoms with E-state index in [-0.39, 0.29) is 5.56 Å². The highest BCUT2D eigenvalue weighted by atomic mass is 16.5. The summed E-state index contributed by atoms with van der Waals surface area (Å²) >= 11 is 0. The quantitative estimate of drug-likeness (QED) is 0.676. The van der Waals surface area contributed by atoms with E-state index in [0.29, 0.717) is 11.4 Å². The number of hydrazone groups is 1. The molecule has 1 aromatic carbocycles. The summed E-state index contributed by atoms with van der Waals surface area (Å²) in [5, 5.41) is 12.3. The van der Waals surface area contributed by atoms with E-state index in [9.17, 15) is 4.79 Å². The van der Waals surface area contributed by atoms with E-state index in [1.165, 1.54) is 18.5 Å². The van der Waals surface area contributed by atoms with Crippen LogP contribution >= 0.6 is 0 Å². The SMILES string of the molecule is O=C(O)c1ccc2c(c1)NN=CO2. The van der Waals surface area contributed by atoms with Crippen LogP contribution in [-0.4, -0.2) is 17.5 Å². The number of carboxylic acid groups (broad SMARTS) is 1. The second-order valence-corrected chi connectivity index (χ2v) is 2.48. The Morgan fingerprint density at radius 2 is 2.38 bits per heavy atom. The molecule has 0 saturated carbocycles. The van der Waals surface area contributed by atoms with Crippen molar-refractivity contribution in [3.8, 4) is 5.75 Å². The third-order valence-electron chi connectivity index (χ3n) is 1.64. The number of hydrogen-bond donors (Lipinski definition) is 2. The first kappa shape index (κ1) is 7.60. The summed E-state index contributed by atoms with van der Waals surface area (Å²) in [7, 11) is 0. The van der Waals surface area contributed by atoms with Crippen LogP contribution in [-0.2, 0) is 0 Å². The average Bonchev–Trinajstić information content (AvgIpc) is 2.17. The highest BCUT2D eigenvalue weighted by molar-refractivity contribution is 5.90. The summed E-state index contributed by atoms with van der Waals surface area (Å²) < 4.78 is 5.01. The molecule has 0 bridgehead atoms. The molecule has 1 aromatic rings. The fourth-order valence-corrected chi connectivity index (χ4v) is 1.03. The fraction of sp³-hybridized carbons (Fsp3) is 0. The van der Waals surface area contributed by atoms with Crippen LogP contribution in [0, 0.1) is 0 Å². The lowest BCUT2D eigenvalue weighted by atomic mass is 10.2. The lowest BCUT2D eigenvalue weighted by Crippen LogP contribution is -2.06. The monoisotopic (exact) mass is 178 g/mol. The Hall–Kier alpha value is -2.04. The van der Waals surface area contributed by atoms with Gasteiger partial charge in [-0.2, -0.15) is 0 Å². The van der Waals surface area contributed by atoms with Gasteiger partial charge in [0.1, 0.15) is 0 Å². The molecule has 5 heteroatoms. The van der Waals surface area contributed by atoms with Gasteiger partial charge in [0.05, 0.1) is 11.3 Å². The summed E-state index contributed by atoms with van der Waals surface area (Å²) in [6.07, 6.45) is 1.25. The first-order chi connectivity index (χ1) is 6.27. The lowest BCUT2D eigenvalue weighted by molar-refractivity contribution is 0.0697. The van der Waals surface area contributed by atoms with Crippen molar-refractivity contribution in [2.45, 2.75) is 0 Å². The molecule has 2 N–H and O–H groups in total. The van der Waals surface area contributed by atoms with Gasteiger partial charge in [-0.3, -0.25) is 5.43 Å². The van der Waals surface area contributed by atoms with Gasteiger partial charge >= 0.3 is 5.97 Å². The smallest absolute Gasteiger partial charge is 0.335 e. The molecule has 0 amide bonds. The number of anilines is 1. The maximum absolute atomic E-state index is 10.6. The summed E-state index contributed by atoms with van der Waals surface area (Å²) in [6.45, 7) is 0. The Balaban J connectivity index is 2.44. The number of nitrogens with one attached hydrogen (secondary N) is 1. The standard InChI is InChI=1S/C8H6N2O3/c11-8(12)5-1-2-7-6(3-5)10-9-4-13-7/h1-4,10H,(H,11,12). The Morgan fingerprint density at radius 3 is 3.15 bits per heavy atom. The minimum atomic E-state index is -0.973. The maximum atomic E-state index is 10.6. The summed E-state index contributed by atoms with van der Waals surface area (Å²) in [5.74, 6) is -0.404. The molecule has 1 aliphatic heterocycles. The fourth-order valence-electron chi connectivity index (χ4n) is 1.03. The van der Waals surface area contributed by atoms with Gasteiger partial charge < -0.3 is 9.84 Å². The number of nitrogens with zero attached hydrogens (tertiary/aromatic N) is 1. The van der Waals surface area contributed by atoms with Crippen LogP contribution < -0.4 is 10.2 Å². The average molecular weight is 178 g/mol. The van der Waals surface area contributed by atoms with Gasteiger partial charge in [-0.05, 0) is 18.2 Å². The first-order valence-corrected chi connectivity index (χ1v) is 3.59. The van der Waals surface area contributed by atoms with Crippen molar-refractivity contribution in [2.24, 2.45) is 5.10 Å². The van der Waals surface area contributed by atoms with E-state index < -0.39 is 5.97 Å². The van der Waals surface area contributed by atoms with E-state index in [1.807, 2.05) is 0 Å². The summed E-state index contributed by atoms with van der Waals surface area (Å²) in [6, 6.07) is 4.52. The molecule has 0 aromatic heterocycles. The van der Waals surface area contributed by atoms with Gasteiger partial charge in [-0.1, -0.05) is 0 Å². The van der Waals surface area contributed by atoms with Gasteiger partial charge in [0, 0.05) is 0 Å². The van der Waals surface area contributed by atoms with Gasteiger partial charge in [0.25, 0.3) is 0 Å². The van der Waals surface area contributed by atoms with Crippen molar-refractivity contribution in [3.63, 3.8) is 0 Å². The van der Waals surface area contributed by atoms with E-state index in [0.717, 1.165) is 0 Å².